The van der Waals surface area contributed by atoms with Gasteiger partial charge in [-0.05, 0) is 42.5 Å². The van der Waals surface area contributed by atoms with E-state index in [0.717, 1.165) is 10.9 Å². The molecule has 1 aromatic heterocycles. The van der Waals surface area contributed by atoms with E-state index in [1.807, 2.05) is 12.1 Å². The molecule has 1 heterocycles. The molecule has 0 saturated heterocycles. The molecule has 1 amide bonds. The summed E-state index contributed by atoms with van der Waals surface area (Å²) in [5, 5.41) is 3.79. The number of carbonyl (C=O) groups excluding carboxylic acids is 1. The first-order valence-electron chi connectivity index (χ1n) is 6.25. The smallest absolute Gasteiger partial charge is 0.258 e. The summed E-state index contributed by atoms with van der Waals surface area (Å²) in [4.78, 5) is 16.4. The van der Waals surface area contributed by atoms with E-state index in [-0.39, 0.29) is 5.56 Å². The Morgan fingerprint density at radius 3 is 2.86 bits per heavy atom. The number of rotatable bonds is 2. The number of nitrogens with one attached hydrogen (secondary N) is 1. The van der Waals surface area contributed by atoms with Crippen LogP contribution in [0.15, 0.2) is 54.7 Å². The van der Waals surface area contributed by atoms with Crippen molar-refractivity contribution in [3.8, 4) is 0 Å². The Morgan fingerprint density at radius 2 is 2.00 bits per heavy atom. The van der Waals surface area contributed by atoms with Gasteiger partial charge in [0.15, 0.2) is 0 Å². The van der Waals surface area contributed by atoms with Crippen molar-refractivity contribution < 1.29 is 9.18 Å². The zero-order valence-electron chi connectivity index (χ0n) is 10.8. The van der Waals surface area contributed by atoms with Crippen molar-refractivity contribution in [2.75, 3.05) is 5.32 Å². The van der Waals surface area contributed by atoms with E-state index in [1.54, 1.807) is 24.4 Å². The molecule has 3 aromatic rings. The van der Waals surface area contributed by atoms with Crippen molar-refractivity contribution in [3.63, 3.8) is 0 Å². The molecule has 21 heavy (non-hydrogen) atoms. The molecule has 104 valence electrons. The predicted octanol–water partition coefficient (Wildman–Crippen LogP) is 4.28. The van der Waals surface area contributed by atoms with Gasteiger partial charge < -0.3 is 5.32 Å². The van der Waals surface area contributed by atoms with Crippen LogP contribution < -0.4 is 5.32 Å². The molecule has 0 spiro atoms. The lowest BCUT2D eigenvalue weighted by Gasteiger charge is -2.09. The number of halogens is 2. The Hall–Kier alpha value is -2.46. The van der Waals surface area contributed by atoms with Gasteiger partial charge in [-0.1, -0.05) is 17.7 Å². The van der Waals surface area contributed by atoms with E-state index in [4.69, 9.17) is 11.6 Å². The summed E-state index contributed by atoms with van der Waals surface area (Å²) in [6, 6.07) is 12.8. The van der Waals surface area contributed by atoms with Gasteiger partial charge >= 0.3 is 0 Å². The minimum Gasteiger partial charge on any atom is -0.321 e. The molecule has 0 saturated carbocycles. The minimum absolute atomic E-state index is 0.0941. The van der Waals surface area contributed by atoms with Crippen LogP contribution in [0.25, 0.3) is 10.9 Å². The lowest BCUT2D eigenvalue weighted by Crippen LogP contribution is -2.14. The summed E-state index contributed by atoms with van der Waals surface area (Å²) < 4.78 is 13.7. The Bertz CT molecular complexity index is 830. The van der Waals surface area contributed by atoms with E-state index in [1.165, 1.54) is 18.2 Å². The largest absolute Gasteiger partial charge is 0.321 e. The molecule has 0 radical (unpaired) electrons. The fourth-order valence-corrected chi connectivity index (χ4v) is 2.25. The number of benzene rings is 2. The second-order valence-corrected chi connectivity index (χ2v) is 4.89. The molecule has 0 aliphatic rings. The van der Waals surface area contributed by atoms with Crippen molar-refractivity contribution in [2.45, 2.75) is 0 Å². The SMILES string of the molecule is O=C(Nc1cccc2ncccc12)c1cc(Cl)ccc1F. The predicted molar refractivity (Wildman–Crippen MR) is 81.1 cm³/mol. The van der Waals surface area contributed by atoms with Crippen LogP contribution in [0.5, 0.6) is 0 Å². The molecular formula is C16H10ClFN2O. The number of fused-ring (bicyclic) bond motifs is 1. The van der Waals surface area contributed by atoms with Crippen LogP contribution in [-0.4, -0.2) is 10.9 Å². The van der Waals surface area contributed by atoms with Crippen LogP contribution in [-0.2, 0) is 0 Å². The maximum atomic E-state index is 13.7. The van der Waals surface area contributed by atoms with Crippen molar-refractivity contribution >= 4 is 34.1 Å². The highest BCUT2D eigenvalue weighted by molar-refractivity contribution is 6.31. The van der Waals surface area contributed by atoms with E-state index in [2.05, 4.69) is 10.3 Å². The van der Waals surface area contributed by atoms with E-state index in [9.17, 15) is 9.18 Å². The maximum absolute atomic E-state index is 13.7. The molecule has 0 aliphatic carbocycles. The minimum atomic E-state index is -0.615. The second-order valence-electron chi connectivity index (χ2n) is 4.45. The van der Waals surface area contributed by atoms with Crippen LogP contribution in [0.2, 0.25) is 5.02 Å². The van der Waals surface area contributed by atoms with Gasteiger partial charge in [0.2, 0.25) is 0 Å². The van der Waals surface area contributed by atoms with Crippen LogP contribution in [0.3, 0.4) is 0 Å². The van der Waals surface area contributed by atoms with Gasteiger partial charge in [-0.15, -0.1) is 0 Å². The second kappa shape index (κ2) is 5.50. The van der Waals surface area contributed by atoms with Gasteiger partial charge in [-0.2, -0.15) is 0 Å². The fraction of sp³-hybridized carbons (Fsp3) is 0. The highest BCUT2D eigenvalue weighted by Crippen LogP contribution is 2.23. The standard InChI is InChI=1S/C16H10ClFN2O/c17-10-6-7-13(18)12(9-10)16(21)20-15-5-1-4-14-11(15)3-2-8-19-14/h1-9H,(H,20,21). The van der Waals surface area contributed by atoms with Gasteiger partial charge in [0.05, 0.1) is 16.8 Å². The molecule has 0 atom stereocenters. The molecular weight excluding hydrogens is 291 g/mol. The third-order valence-electron chi connectivity index (χ3n) is 3.07. The molecule has 3 nitrogen and oxygen atoms in total. The molecule has 2 aromatic carbocycles. The zero-order valence-corrected chi connectivity index (χ0v) is 11.6. The normalized spacial score (nSPS) is 10.6. The van der Waals surface area contributed by atoms with E-state index in [0.29, 0.717) is 10.7 Å². The average Bonchev–Trinajstić information content (AvgIpc) is 2.50. The highest BCUT2D eigenvalue weighted by atomic mass is 35.5. The van der Waals surface area contributed by atoms with Crippen LogP contribution in [0.1, 0.15) is 10.4 Å². The number of carbonyl (C=O) groups is 1. The summed E-state index contributed by atoms with van der Waals surface area (Å²) in [5.41, 5.74) is 1.23. The number of pyridine rings is 1. The van der Waals surface area contributed by atoms with Gasteiger partial charge in [0.1, 0.15) is 5.82 Å². The molecule has 1 N–H and O–H groups in total. The number of hydrogen-bond acceptors (Lipinski definition) is 2. The first kappa shape index (κ1) is 13.5. The molecule has 0 bridgehead atoms. The first-order chi connectivity index (χ1) is 10.1. The third kappa shape index (κ3) is 2.71. The number of nitrogens with zero attached hydrogens (tertiary/aromatic N) is 1. The van der Waals surface area contributed by atoms with Crippen molar-refractivity contribution in [2.24, 2.45) is 0 Å². The zero-order chi connectivity index (χ0) is 14.8. The lowest BCUT2D eigenvalue weighted by molar-refractivity contribution is 0.102. The Balaban J connectivity index is 1.99. The number of anilines is 1. The molecule has 0 fully saturated rings. The summed E-state index contributed by atoms with van der Waals surface area (Å²) in [6.07, 6.45) is 1.67. The Labute approximate surface area is 125 Å². The Morgan fingerprint density at radius 1 is 1.14 bits per heavy atom. The number of aromatic nitrogens is 1. The van der Waals surface area contributed by atoms with Crippen molar-refractivity contribution in [3.05, 3.63) is 71.1 Å². The van der Waals surface area contributed by atoms with Crippen LogP contribution in [0.4, 0.5) is 10.1 Å². The summed E-state index contributed by atoms with van der Waals surface area (Å²) >= 11 is 5.80. The van der Waals surface area contributed by atoms with E-state index >= 15 is 0 Å². The van der Waals surface area contributed by atoms with Gasteiger partial charge in [-0.25, -0.2) is 4.39 Å². The quantitative estimate of drug-likeness (QED) is 0.767. The summed E-state index contributed by atoms with van der Waals surface area (Å²) in [7, 11) is 0. The molecule has 0 unspecified atom stereocenters. The van der Waals surface area contributed by atoms with E-state index < -0.39 is 11.7 Å². The summed E-state index contributed by atoms with van der Waals surface area (Å²) in [6.45, 7) is 0. The maximum Gasteiger partial charge on any atom is 0.258 e. The van der Waals surface area contributed by atoms with Crippen LogP contribution in [0, 0.1) is 5.82 Å². The van der Waals surface area contributed by atoms with Crippen LogP contribution >= 0.6 is 11.6 Å². The van der Waals surface area contributed by atoms with Gasteiger partial charge in [0, 0.05) is 16.6 Å². The first-order valence-corrected chi connectivity index (χ1v) is 6.63. The number of amides is 1. The summed E-state index contributed by atoms with van der Waals surface area (Å²) in [5.74, 6) is -1.17. The van der Waals surface area contributed by atoms with Gasteiger partial charge in [0.25, 0.3) is 5.91 Å². The third-order valence-corrected chi connectivity index (χ3v) is 3.30. The lowest BCUT2D eigenvalue weighted by atomic mass is 10.1. The number of hydrogen-bond donors (Lipinski definition) is 1. The average molecular weight is 301 g/mol. The van der Waals surface area contributed by atoms with Crippen molar-refractivity contribution in [1.29, 1.82) is 0 Å². The fourth-order valence-electron chi connectivity index (χ4n) is 2.07. The monoisotopic (exact) mass is 300 g/mol. The van der Waals surface area contributed by atoms with Gasteiger partial charge in [-0.3, -0.25) is 9.78 Å². The molecule has 5 heteroatoms. The Kier molecular flexibility index (Phi) is 3.54. The van der Waals surface area contributed by atoms with Crippen molar-refractivity contribution in [1.82, 2.24) is 4.98 Å². The molecule has 0 aliphatic heterocycles. The molecule has 3 rings (SSSR count). The topological polar surface area (TPSA) is 42.0 Å². The highest BCUT2D eigenvalue weighted by Gasteiger charge is 2.13.